The summed E-state index contributed by atoms with van der Waals surface area (Å²) in [4.78, 5) is 14.1. The van der Waals surface area contributed by atoms with Gasteiger partial charge in [0, 0.05) is 30.0 Å². The van der Waals surface area contributed by atoms with Gasteiger partial charge in [-0.1, -0.05) is 11.8 Å². The van der Waals surface area contributed by atoms with Crippen molar-refractivity contribution in [2.24, 2.45) is 0 Å². The third kappa shape index (κ3) is 4.53. The third-order valence-electron chi connectivity index (χ3n) is 5.10. The van der Waals surface area contributed by atoms with Crippen molar-refractivity contribution >= 4 is 23.5 Å². The Morgan fingerprint density at radius 1 is 1.23 bits per heavy atom. The predicted molar refractivity (Wildman–Crippen MR) is 116 cm³/mol. The standard InChI is InChI=1S/C22H26N4O3S/c1-3-28-20-9-8-17(16(2)27)13-18(20)15-30-22-24-23-21(25-10-4-5-11-25)26(22)14-19-7-6-12-29-19/h6-9,12-13H,3-5,10-11,14-15H2,1-2H3. The minimum Gasteiger partial charge on any atom is -0.494 e. The van der Waals surface area contributed by atoms with E-state index in [2.05, 4.69) is 19.7 Å². The molecular formula is C22H26N4O3S. The van der Waals surface area contributed by atoms with Gasteiger partial charge in [-0.2, -0.15) is 0 Å². The van der Waals surface area contributed by atoms with Crippen molar-refractivity contribution in [2.45, 2.75) is 44.1 Å². The number of carbonyl (C=O) groups excluding carboxylic acids is 1. The molecule has 0 saturated carbocycles. The highest BCUT2D eigenvalue weighted by molar-refractivity contribution is 7.98. The first-order valence-corrected chi connectivity index (χ1v) is 11.2. The number of hydrogen-bond donors (Lipinski definition) is 0. The van der Waals surface area contributed by atoms with E-state index in [0.29, 0.717) is 24.5 Å². The summed E-state index contributed by atoms with van der Waals surface area (Å²) in [6, 6.07) is 9.45. The maximum Gasteiger partial charge on any atom is 0.228 e. The summed E-state index contributed by atoms with van der Waals surface area (Å²) in [5.41, 5.74) is 1.66. The Kier molecular flexibility index (Phi) is 6.42. The Bertz CT molecular complexity index is 994. The lowest BCUT2D eigenvalue weighted by Gasteiger charge is -2.18. The molecule has 1 aromatic carbocycles. The number of ketones is 1. The van der Waals surface area contributed by atoms with Gasteiger partial charge in [-0.05, 0) is 57.0 Å². The van der Waals surface area contributed by atoms with Crippen LogP contribution in [0.3, 0.4) is 0 Å². The van der Waals surface area contributed by atoms with Crippen LogP contribution in [0.25, 0.3) is 0 Å². The SMILES string of the molecule is CCOc1ccc(C(C)=O)cc1CSc1nnc(N2CCCC2)n1Cc1ccco1. The van der Waals surface area contributed by atoms with Gasteiger partial charge < -0.3 is 14.1 Å². The fourth-order valence-corrected chi connectivity index (χ4v) is 4.50. The number of aromatic nitrogens is 3. The Morgan fingerprint density at radius 2 is 2.07 bits per heavy atom. The van der Waals surface area contributed by atoms with E-state index in [1.54, 1.807) is 24.9 Å². The van der Waals surface area contributed by atoms with Crippen molar-refractivity contribution in [1.29, 1.82) is 0 Å². The molecule has 158 valence electrons. The van der Waals surface area contributed by atoms with Crippen LogP contribution in [0.2, 0.25) is 0 Å². The fraction of sp³-hybridized carbons (Fsp3) is 0.409. The molecule has 3 heterocycles. The highest BCUT2D eigenvalue weighted by atomic mass is 32.2. The zero-order valence-electron chi connectivity index (χ0n) is 17.3. The molecule has 30 heavy (non-hydrogen) atoms. The Hall–Kier alpha value is -2.74. The van der Waals surface area contributed by atoms with Gasteiger partial charge in [0.1, 0.15) is 11.5 Å². The molecule has 1 aliphatic rings. The summed E-state index contributed by atoms with van der Waals surface area (Å²) in [6.45, 7) is 6.68. The van der Waals surface area contributed by atoms with Gasteiger partial charge in [-0.15, -0.1) is 10.2 Å². The van der Waals surface area contributed by atoms with Crippen molar-refractivity contribution < 1.29 is 13.9 Å². The molecule has 0 aliphatic carbocycles. The Labute approximate surface area is 180 Å². The lowest BCUT2D eigenvalue weighted by Crippen LogP contribution is -2.22. The summed E-state index contributed by atoms with van der Waals surface area (Å²) in [6.07, 6.45) is 4.03. The van der Waals surface area contributed by atoms with Crippen LogP contribution in [0.4, 0.5) is 5.95 Å². The molecule has 0 amide bonds. The molecular weight excluding hydrogens is 400 g/mol. The Morgan fingerprint density at radius 3 is 2.77 bits per heavy atom. The van der Waals surface area contributed by atoms with Crippen LogP contribution in [0.15, 0.2) is 46.2 Å². The van der Waals surface area contributed by atoms with E-state index in [4.69, 9.17) is 9.15 Å². The minimum atomic E-state index is 0.0432. The minimum absolute atomic E-state index is 0.0432. The Balaban J connectivity index is 1.60. The van der Waals surface area contributed by atoms with E-state index in [1.807, 2.05) is 37.3 Å². The van der Waals surface area contributed by atoms with Crippen molar-refractivity contribution in [2.75, 3.05) is 24.6 Å². The molecule has 2 aromatic heterocycles. The molecule has 0 spiro atoms. The molecule has 1 aliphatic heterocycles. The second-order valence-electron chi connectivity index (χ2n) is 7.24. The number of nitrogens with zero attached hydrogens (tertiary/aromatic N) is 4. The lowest BCUT2D eigenvalue weighted by atomic mass is 10.1. The largest absolute Gasteiger partial charge is 0.494 e. The average Bonchev–Trinajstić information content (AvgIpc) is 3.50. The summed E-state index contributed by atoms with van der Waals surface area (Å²) in [7, 11) is 0. The van der Waals surface area contributed by atoms with Gasteiger partial charge in [0.05, 0.1) is 19.4 Å². The molecule has 0 N–H and O–H groups in total. The second-order valence-corrected chi connectivity index (χ2v) is 8.19. The van der Waals surface area contributed by atoms with Crippen LogP contribution in [-0.4, -0.2) is 40.2 Å². The smallest absolute Gasteiger partial charge is 0.228 e. The molecule has 1 fully saturated rings. The number of thioether (sulfide) groups is 1. The van der Waals surface area contributed by atoms with Crippen LogP contribution < -0.4 is 9.64 Å². The average molecular weight is 427 g/mol. The number of ether oxygens (including phenoxy) is 1. The number of rotatable bonds is 9. The van der Waals surface area contributed by atoms with Crippen LogP contribution in [0, 0.1) is 0 Å². The number of Topliss-reactive ketones (excluding diaryl/α,β-unsaturated/α-hetero) is 1. The summed E-state index contributed by atoms with van der Waals surface area (Å²) >= 11 is 1.59. The number of furan rings is 1. The topological polar surface area (TPSA) is 73.4 Å². The van der Waals surface area contributed by atoms with Gasteiger partial charge in [0.25, 0.3) is 0 Å². The molecule has 7 nitrogen and oxygen atoms in total. The second kappa shape index (κ2) is 9.38. The molecule has 0 bridgehead atoms. The highest BCUT2D eigenvalue weighted by Crippen LogP contribution is 2.31. The van der Waals surface area contributed by atoms with E-state index >= 15 is 0 Å². The van der Waals surface area contributed by atoms with E-state index in [1.165, 1.54) is 12.8 Å². The molecule has 0 radical (unpaired) electrons. The van der Waals surface area contributed by atoms with Crippen molar-refractivity contribution in [1.82, 2.24) is 14.8 Å². The van der Waals surface area contributed by atoms with E-state index in [0.717, 1.165) is 41.3 Å². The molecule has 0 atom stereocenters. The molecule has 1 saturated heterocycles. The third-order valence-corrected chi connectivity index (χ3v) is 6.12. The van der Waals surface area contributed by atoms with Gasteiger partial charge >= 0.3 is 0 Å². The molecule has 3 aromatic rings. The molecule has 8 heteroatoms. The normalized spacial score (nSPS) is 13.7. The zero-order chi connectivity index (χ0) is 20.9. The fourth-order valence-electron chi connectivity index (χ4n) is 3.59. The van der Waals surface area contributed by atoms with Crippen LogP contribution in [0.5, 0.6) is 5.75 Å². The van der Waals surface area contributed by atoms with Crippen LogP contribution in [0.1, 0.15) is 48.4 Å². The summed E-state index contributed by atoms with van der Waals surface area (Å²) in [5.74, 6) is 3.22. The van der Waals surface area contributed by atoms with Gasteiger partial charge in [-0.25, -0.2) is 0 Å². The number of hydrogen-bond acceptors (Lipinski definition) is 7. The summed E-state index contributed by atoms with van der Waals surface area (Å²) < 4.78 is 13.5. The van der Waals surface area contributed by atoms with Crippen molar-refractivity contribution in [3.63, 3.8) is 0 Å². The molecule has 4 rings (SSSR count). The zero-order valence-corrected chi connectivity index (χ0v) is 18.2. The lowest BCUT2D eigenvalue weighted by molar-refractivity contribution is 0.101. The van der Waals surface area contributed by atoms with E-state index < -0.39 is 0 Å². The van der Waals surface area contributed by atoms with Gasteiger partial charge in [0.2, 0.25) is 5.95 Å². The first kappa shape index (κ1) is 20.5. The van der Waals surface area contributed by atoms with Crippen molar-refractivity contribution in [3.05, 3.63) is 53.5 Å². The number of anilines is 1. The van der Waals surface area contributed by atoms with Gasteiger partial charge in [0.15, 0.2) is 10.9 Å². The number of benzene rings is 1. The number of carbonyl (C=O) groups is 1. The predicted octanol–water partition coefficient (Wildman–Crippen LogP) is 4.41. The van der Waals surface area contributed by atoms with Crippen molar-refractivity contribution in [3.8, 4) is 5.75 Å². The van der Waals surface area contributed by atoms with E-state index in [-0.39, 0.29) is 5.78 Å². The highest BCUT2D eigenvalue weighted by Gasteiger charge is 2.22. The first-order valence-electron chi connectivity index (χ1n) is 10.3. The quantitative estimate of drug-likeness (QED) is 0.370. The van der Waals surface area contributed by atoms with Gasteiger partial charge in [-0.3, -0.25) is 9.36 Å². The maximum absolute atomic E-state index is 11.8. The first-order chi connectivity index (χ1) is 14.7. The van der Waals surface area contributed by atoms with Crippen LogP contribution >= 0.6 is 11.8 Å². The monoisotopic (exact) mass is 426 g/mol. The maximum atomic E-state index is 11.8. The molecule has 0 unspecified atom stereocenters. The summed E-state index contributed by atoms with van der Waals surface area (Å²) in [5, 5.41) is 9.78. The van der Waals surface area contributed by atoms with Crippen LogP contribution in [-0.2, 0) is 12.3 Å². The van der Waals surface area contributed by atoms with E-state index in [9.17, 15) is 4.79 Å².